The van der Waals surface area contributed by atoms with Gasteiger partial charge in [-0.15, -0.1) is 0 Å². The first kappa shape index (κ1) is 10.1. The van der Waals surface area contributed by atoms with E-state index in [1.807, 2.05) is 0 Å². The molecule has 0 unspecified atom stereocenters. The second-order valence-corrected chi connectivity index (χ2v) is 4.09. The third-order valence-electron chi connectivity index (χ3n) is 3.18. The average molecular weight is 209 g/mol. The molecule has 0 aliphatic heterocycles. The first-order chi connectivity index (χ1) is 7.11. The molecular formula is C11H15NO3. The smallest absolute Gasteiger partial charge is 0.200 e. The van der Waals surface area contributed by atoms with Crippen molar-refractivity contribution in [2.24, 2.45) is 11.7 Å². The van der Waals surface area contributed by atoms with E-state index in [9.17, 15) is 10.2 Å². The third kappa shape index (κ3) is 1.61. The topological polar surface area (TPSA) is 86.7 Å². The molecule has 1 saturated carbocycles. The molecule has 1 aliphatic rings. The van der Waals surface area contributed by atoms with Crippen LogP contribution in [0.1, 0.15) is 30.9 Å². The van der Waals surface area contributed by atoms with Crippen LogP contribution in [0.15, 0.2) is 12.1 Å². The summed E-state index contributed by atoms with van der Waals surface area (Å²) in [6.45, 7) is 0. The minimum atomic E-state index is -0.484. The monoisotopic (exact) mass is 209 g/mol. The highest BCUT2D eigenvalue weighted by molar-refractivity contribution is 5.54. The fourth-order valence-corrected chi connectivity index (χ4v) is 1.91. The summed E-state index contributed by atoms with van der Waals surface area (Å²) >= 11 is 0. The number of rotatable bonds is 2. The second-order valence-electron chi connectivity index (χ2n) is 4.09. The van der Waals surface area contributed by atoms with Gasteiger partial charge in [0.15, 0.2) is 11.5 Å². The van der Waals surface area contributed by atoms with Crippen LogP contribution < -0.4 is 5.73 Å². The Labute approximate surface area is 88.0 Å². The standard InChI is InChI=1S/C11H15NO3/c12-9(6-2-1-3-6)7-4-5-8(13)11(15)10(7)14/h4-6,9,13-15H,1-3,12H2/t9-/m0/s1. The second kappa shape index (κ2) is 3.62. The molecule has 1 aromatic carbocycles. The molecule has 0 spiro atoms. The van der Waals surface area contributed by atoms with E-state index in [1.165, 1.54) is 12.5 Å². The Kier molecular flexibility index (Phi) is 2.44. The summed E-state index contributed by atoms with van der Waals surface area (Å²) in [6.07, 6.45) is 3.29. The van der Waals surface area contributed by atoms with E-state index in [2.05, 4.69) is 0 Å². The van der Waals surface area contributed by atoms with Crippen LogP contribution in [-0.4, -0.2) is 15.3 Å². The van der Waals surface area contributed by atoms with Crippen molar-refractivity contribution in [3.63, 3.8) is 0 Å². The molecule has 1 aliphatic carbocycles. The van der Waals surface area contributed by atoms with E-state index in [1.54, 1.807) is 6.07 Å². The maximum Gasteiger partial charge on any atom is 0.200 e. The summed E-state index contributed by atoms with van der Waals surface area (Å²) in [5, 5.41) is 28.1. The molecule has 0 radical (unpaired) electrons. The van der Waals surface area contributed by atoms with E-state index in [0.717, 1.165) is 12.8 Å². The number of aromatic hydroxyl groups is 3. The van der Waals surface area contributed by atoms with Crippen molar-refractivity contribution in [2.45, 2.75) is 25.3 Å². The average Bonchev–Trinajstić information content (AvgIpc) is 2.11. The number of hydrogen-bond acceptors (Lipinski definition) is 4. The zero-order chi connectivity index (χ0) is 11.0. The van der Waals surface area contributed by atoms with Crippen molar-refractivity contribution in [1.82, 2.24) is 0 Å². The summed E-state index contributed by atoms with van der Waals surface area (Å²) < 4.78 is 0. The van der Waals surface area contributed by atoms with Crippen LogP contribution >= 0.6 is 0 Å². The van der Waals surface area contributed by atoms with Crippen molar-refractivity contribution >= 4 is 0 Å². The summed E-state index contributed by atoms with van der Waals surface area (Å²) in [5.41, 5.74) is 6.48. The first-order valence-electron chi connectivity index (χ1n) is 5.10. The lowest BCUT2D eigenvalue weighted by atomic mass is 9.77. The van der Waals surface area contributed by atoms with Crippen LogP contribution in [0.5, 0.6) is 17.2 Å². The largest absolute Gasteiger partial charge is 0.504 e. The zero-order valence-electron chi connectivity index (χ0n) is 8.35. The van der Waals surface area contributed by atoms with Crippen LogP contribution in [0.3, 0.4) is 0 Å². The molecule has 4 nitrogen and oxygen atoms in total. The molecular weight excluding hydrogens is 194 g/mol. The molecule has 0 aromatic heterocycles. The van der Waals surface area contributed by atoms with Crippen molar-refractivity contribution in [3.8, 4) is 17.2 Å². The van der Waals surface area contributed by atoms with Crippen LogP contribution in [0, 0.1) is 5.92 Å². The lowest BCUT2D eigenvalue weighted by molar-refractivity contribution is 0.258. The normalized spacial score (nSPS) is 18.5. The lowest BCUT2D eigenvalue weighted by Crippen LogP contribution is -2.26. The van der Waals surface area contributed by atoms with Crippen LogP contribution in [0.25, 0.3) is 0 Å². The van der Waals surface area contributed by atoms with E-state index < -0.39 is 5.75 Å². The Bertz CT molecular complexity index is 374. The Morgan fingerprint density at radius 1 is 1.13 bits per heavy atom. The van der Waals surface area contributed by atoms with Crippen LogP contribution in [-0.2, 0) is 0 Å². The predicted molar refractivity (Wildman–Crippen MR) is 55.7 cm³/mol. The van der Waals surface area contributed by atoms with Gasteiger partial charge < -0.3 is 21.1 Å². The number of nitrogens with two attached hydrogens (primary N) is 1. The van der Waals surface area contributed by atoms with Gasteiger partial charge in [0.05, 0.1) is 0 Å². The van der Waals surface area contributed by atoms with Crippen LogP contribution in [0.4, 0.5) is 0 Å². The molecule has 1 atom stereocenters. The maximum absolute atomic E-state index is 9.63. The fourth-order valence-electron chi connectivity index (χ4n) is 1.91. The molecule has 0 heterocycles. The number of phenolic OH excluding ortho intramolecular Hbond substituents is 3. The Balaban J connectivity index is 2.31. The number of hydrogen-bond donors (Lipinski definition) is 4. The minimum Gasteiger partial charge on any atom is -0.504 e. The highest BCUT2D eigenvalue weighted by Crippen LogP contribution is 2.44. The van der Waals surface area contributed by atoms with E-state index in [0.29, 0.717) is 11.5 Å². The van der Waals surface area contributed by atoms with Crippen molar-refractivity contribution in [1.29, 1.82) is 0 Å². The molecule has 0 amide bonds. The van der Waals surface area contributed by atoms with Gasteiger partial charge in [-0.25, -0.2) is 0 Å². The highest BCUT2D eigenvalue weighted by atomic mass is 16.3. The predicted octanol–water partition coefficient (Wildman–Crippen LogP) is 1.60. The molecule has 82 valence electrons. The molecule has 2 rings (SSSR count). The molecule has 1 aromatic rings. The van der Waals surface area contributed by atoms with E-state index in [4.69, 9.17) is 10.8 Å². The fraction of sp³-hybridized carbons (Fsp3) is 0.455. The lowest BCUT2D eigenvalue weighted by Gasteiger charge is -2.31. The van der Waals surface area contributed by atoms with Gasteiger partial charge in [-0.05, 0) is 30.9 Å². The van der Waals surface area contributed by atoms with Gasteiger partial charge in [0.25, 0.3) is 0 Å². The van der Waals surface area contributed by atoms with E-state index in [-0.39, 0.29) is 17.5 Å². The molecule has 4 heteroatoms. The van der Waals surface area contributed by atoms with Gasteiger partial charge in [-0.2, -0.15) is 0 Å². The first-order valence-corrected chi connectivity index (χ1v) is 5.10. The molecule has 15 heavy (non-hydrogen) atoms. The number of benzene rings is 1. The number of phenols is 3. The van der Waals surface area contributed by atoms with Gasteiger partial charge in [-0.1, -0.05) is 6.42 Å². The van der Waals surface area contributed by atoms with Gasteiger partial charge in [-0.3, -0.25) is 0 Å². The molecule has 5 N–H and O–H groups in total. The van der Waals surface area contributed by atoms with Gasteiger partial charge >= 0.3 is 0 Å². The third-order valence-corrected chi connectivity index (χ3v) is 3.18. The Morgan fingerprint density at radius 3 is 2.33 bits per heavy atom. The summed E-state index contributed by atoms with van der Waals surface area (Å²) in [4.78, 5) is 0. The van der Waals surface area contributed by atoms with Gasteiger partial charge in [0.2, 0.25) is 5.75 Å². The SMILES string of the molecule is N[C@H](c1ccc(O)c(O)c1O)C1CCC1. The summed E-state index contributed by atoms with van der Waals surface area (Å²) in [5.74, 6) is -0.728. The maximum atomic E-state index is 9.63. The molecule has 1 fully saturated rings. The van der Waals surface area contributed by atoms with Crippen molar-refractivity contribution in [2.75, 3.05) is 0 Å². The highest BCUT2D eigenvalue weighted by Gasteiger charge is 2.28. The van der Waals surface area contributed by atoms with Gasteiger partial charge in [0, 0.05) is 11.6 Å². The molecule has 0 saturated heterocycles. The minimum absolute atomic E-state index is 0.259. The van der Waals surface area contributed by atoms with Crippen molar-refractivity contribution in [3.05, 3.63) is 17.7 Å². The Morgan fingerprint density at radius 2 is 1.80 bits per heavy atom. The van der Waals surface area contributed by atoms with E-state index >= 15 is 0 Å². The quantitative estimate of drug-likeness (QED) is 0.557. The summed E-state index contributed by atoms with van der Waals surface area (Å²) in [7, 11) is 0. The summed E-state index contributed by atoms with van der Waals surface area (Å²) in [6, 6.07) is 2.65. The van der Waals surface area contributed by atoms with Gasteiger partial charge in [0.1, 0.15) is 0 Å². The Hall–Kier alpha value is -1.42. The zero-order valence-corrected chi connectivity index (χ0v) is 8.35. The molecule has 0 bridgehead atoms. The van der Waals surface area contributed by atoms with Crippen LogP contribution in [0.2, 0.25) is 0 Å². The van der Waals surface area contributed by atoms with Crippen molar-refractivity contribution < 1.29 is 15.3 Å².